The van der Waals surface area contributed by atoms with Gasteiger partial charge in [0.15, 0.2) is 0 Å². The highest BCUT2D eigenvalue weighted by Crippen LogP contribution is 2.25. The molecule has 0 aliphatic carbocycles. The molecule has 7 heteroatoms. The smallest absolute Gasteiger partial charge is 0.246 e. The van der Waals surface area contributed by atoms with Gasteiger partial charge in [0, 0.05) is 20.1 Å². The van der Waals surface area contributed by atoms with Gasteiger partial charge >= 0.3 is 0 Å². The molecule has 1 fully saturated rings. The summed E-state index contributed by atoms with van der Waals surface area (Å²) in [6.45, 7) is 4.08. The summed E-state index contributed by atoms with van der Waals surface area (Å²) in [5.74, 6) is 0. The van der Waals surface area contributed by atoms with E-state index >= 15 is 0 Å². The summed E-state index contributed by atoms with van der Waals surface area (Å²) in [6.07, 6.45) is 0.793. The van der Waals surface area contributed by atoms with Crippen LogP contribution in [0.4, 0.5) is 0 Å². The molecule has 1 aromatic rings. The Bertz CT molecular complexity index is 550. The minimum atomic E-state index is -3.55. The monoisotopic (exact) mass is 273 g/mol. The van der Waals surface area contributed by atoms with Crippen LogP contribution in [0.1, 0.15) is 24.2 Å². The molecule has 1 aromatic heterocycles. The van der Waals surface area contributed by atoms with Crippen LogP contribution in [0.15, 0.2) is 4.90 Å². The summed E-state index contributed by atoms with van der Waals surface area (Å²) in [5.41, 5.74) is 1.14. The van der Waals surface area contributed by atoms with Gasteiger partial charge in [-0.15, -0.1) is 0 Å². The van der Waals surface area contributed by atoms with Crippen molar-refractivity contribution in [3.63, 3.8) is 0 Å². The van der Waals surface area contributed by atoms with E-state index < -0.39 is 16.1 Å². The van der Waals surface area contributed by atoms with Crippen LogP contribution >= 0.6 is 0 Å². The van der Waals surface area contributed by atoms with Crippen molar-refractivity contribution in [2.75, 3.05) is 13.1 Å². The lowest BCUT2D eigenvalue weighted by Crippen LogP contribution is -2.42. The molecular weight excluding hydrogens is 254 g/mol. The Morgan fingerprint density at radius 3 is 2.56 bits per heavy atom. The number of nitrogens with zero attached hydrogens (tertiary/aromatic N) is 3. The van der Waals surface area contributed by atoms with Crippen molar-refractivity contribution in [3.8, 4) is 0 Å². The van der Waals surface area contributed by atoms with E-state index in [-0.39, 0.29) is 11.4 Å². The molecule has 0 bridgehead atoms. The highest BCUT2D eigenvalue weighted by atomic mass is 32.2. The van der Waals surface area contributed by atoms with E-state index in [0.29, 0.717) is 30.8 Å². The number of piperidine rings is 1. The predicted octanol–water partition coefficient (Wildman–Crippen LogP) is 0.182. The van der Waals surface area contributed by atoms with Crippen molar-refractivity contribution < 1.29 is 13.5 Å². The number of sulfonamides is 1. The zero-order chi connectivity index (χ0) is 13.5. The SMILES string of the molecule is Cc1nn(C)c(C)c1S(=O)(=O)N1CCCC(O)C1. The fourth-order valence-corrected chi connectivity index (χ4v) is 4.31. The number of aliphatic hydroxyl groups excluding tert-OH is 1. The molecule has 1 N–H and O–H groups in total. The molecule has 2 heterocycles. The molecule has 0 saturated carbocycles. The number of hydrogen-bond acceptors (Lipinski definition) is 4. The van der Waals surface area contributed by atoms with Crippen LogP contribution in [0.5, 0.6) is 0 Å². The molecule has 1 saturated heterocycles. The molecule has 18 heavy (non-hydrogen) atoms. The maximum Gasteiger partial charge on any atom is 0.246 e. The van der Waals surface area contributed by atoms with Crippen molar-refractivity contribution >= 4 is 10.0 Å². The molecular formula is C11H19N3O3S. The third kappa shape index (κ3) is 2.17. The van der Waals surface area contributed by atoms with Crippen molar-refractivity contribution in [2.24, 2.45) is 7.05 Å². The van der Waals surface area contributed by atoms with Gasteiger partial charge in [0.1, 0.15) is 4.90 Å². The first-order valence-corrected chi connectivity index (χ1v) is 7.46. The predicted molar refractivity (Wildman–Crippen MR) is 66.7 cm³/mol. The van der Waals surface area contributed by atoms with Gasteiger partial charge in [-0.1, -0.05) is 0 Å². The molecule has 0 radical (unpaired) electrons. The molecule has 1 atom stereocenters. The van der Waals surface area contributed by atoms with Gasteiger partial charge in [-0.2, -0.15) is 9.40 Å². The van der Waals surface area contributed by atoms with E-state index in [1.54, 1.807) is 25.6 Å². The van der Waals surface area contributed by atoms with Crippen LogP contribution in [0, 0.1) is 13.8 Å². The van der Waals surface area contributed by atoms with Crippen molar-refractivity contribution in [1.29, 1.82) is 0 Å². The Morgan fingerprint density at radius 1 is 1.39 bits per heavy atom. The zero-order valence-corrected chi connectivity index (χ0v) is 11.7. The Morgan fingerprint density at radius 2 is 2.06 bits per heavy atom. The van der Waals surface area contributed by atoms with Crippen LogP contribution in [0.2, 0.25) is 0 Å². The van der Waals surface area contributed by atoms with Gasteiger partial charge in [-0.05, 0) is 26.7 Å². The van der Waals surface area contributed by atoms with Gasteiger partial charge in [-0.25, -0.2) is 8.42 Å². The summed E-state index contributed by atoms with van der Waals surface area (Å²) in [6, 6.07) is 0. The second kappa shape index (κ2) is 4.64. The van der Waals surface area contributed by atoms with E-state index in [1.807, 2.05) is 0 Å². The number of aromatic nitrogens is 2. The van der Waals surface area contributed by atoms with Crippen molar-refractivity contribution in [1.82, 2.24) is 14.1 Å². The van der Waals surface area contributed by atoms with Crippen LogP contribution in [-0.4, -0.2) is 46.8 Å². The highest BCUT2D eigenvalue weighted by molar-refractivity contribution is 7.89. The highest BCUT2D eigenvalue weighted by Gasteiger charge is 2.33. The van der Waals surface area contributed by atoms with Gasteiger partial charge in [0.2, 0.25) is 10.0 Å². The Hall–Kier alpha value is -0.920. The van der Waals surface area contributed by atoms with E-state index in [0.717, 1.165) is 0 Å². The fourth-order valence-electron chi connectivity index (χ4n) is 2.40. The molecule has 6 nitrogen and oxygen atoms in total. The Labute approximate surface area is 107 Å². The fraction of sp³-hybridized carbons (Fsp3) is 0.727. The van der Waals surface area contributed by atoms with Crippen LogP contribution < -0.4 is 0 Å². The van der Waals surface area contributed by atoms with E-state index in [4.69, 9.17) is 0 Å². The Kier molecular flexibility index (Phi) is 3.48. The number of hydrogen-bond donors (Lipinski definition) is 1. The molecule has 0 amide bonds. The lowest BCUT2D eigenvalue weighted by Gasteiger charge is -2.29. The van der Waals surface area contributed by atoms with Gasteiger partial charge in [0.25, 0.3) is 0 Å². The average molecular weight is 273 g/mol. The van der Waals surface area contributed by atoms with Crippen molar-refractivity contribution in [3.05, 3.63) is 11.4 Å². The largest absolute Gasteiger partial charge is 0.392 e. The maximum atomic E-state index is 12.5. The van der Waals surface area contributed by atoms with E-state index in [2.05, 4.69) is 5.10 Å². The lowest BCUT2D eigenvalue weighted by molar-refractivity contribution is 0.108. The number of aliphatic hydroxyl groups is 1. The molecule has 1 aliphatic rings. The minimum absolute atomic E-state index is 0.177. The second-order valence-corrected chi connectivity index (χ2v) is 6.66. The van der Waals surface area contributed by atoms with Crippen LogP contribution in [0.25, 0.3) is 0 Å². The van der Waals surface area contributed by atoms with E-state index in [1.165, 1.54) is 4.31 Å². The molecule has 1 aliphatic heterocycles. The first-order chi connectivity index (χ1) is 8.34. The summed E-state index contributed by atoms with van der Waals surface area (Å²) in [7, 11) is -1.82. The second-order valence-electron chi connectivity index (χ2n) is 4.78. The normalized spacial score (nSPS) is 22.3. The summed E-state index contributed by atoms with van der Waals surface area (Å²) >= 11 is 0. The average Bonchev–Trinajstić information content (AvgIpc) is 2.53. The van der Waals surface area contributed by atoms with Crippen molar-refractivity contribution in [2.45, 2.75) is 37.7 Å². The number of β-amino-alcohol motifs (C(OH)–C–C–N with tert-alkyl or cyclic N) is 1. The zero-order valence-electron chi connectivity index (χ0n) is 10.9. The maximum absolute atomic E-state index is 12.5. The summed E-state index contributed by atoms with van der Waals surface area (Å²) < 4.78 is 28.0. The number of aryl methyl sites for hydroxylation is 2. The summed E-state index contributed by atoms with van der Waals surface area (Å²) in [5, 5.41) is 13.7. The van der Waals surface area contributed by atoms with Crippen LogP contribution in [0.3, 0.4) is 0 Å². The molecule has 102 valence electrons. The third-order valence-corrected chi connectivity index (χ3v) is 5.52. The molecule has 2 rings (SSSR count). The molecule has 0 aromatic carbocycles. The first-order valence-electron chi connectivity index (χ1n) is 6.02. The lowest BCUT2D eigenvalue weighted by atomic mass is 10.1. The molecule has 0 spiro atoms. The minimum Gasteiger partial charge on any atom is -0.392 e. The number of rotatable bonds is 2. The topological polar surface area (TPSA) is 75.4 Å². The Balaban J connectivity index is 2.42. The quantitative estimate of drug-likeness (QED) is 0.834. The van der Waals surface area contributed by atoms with Gasteiger partial charge in [-0.3, -0.25) is 4.68 Å². The van der Waals surface area contributed by atoms with Gasteiger partial charge < -0.3 is 5.11 Å². The first kappa shape index (κ1) is 13.5. The van der Waals surface area contributed by atoms with Crippen LogP contribution in [-0.2, 0) is 17.1 Å². The van der Waals surface area contributed by atoms with Gasteiger partial charge in [0.05, 0.1) is 17.5 Å². The third-order valence-electron chi connectivity index (χ3n) is 3.40. The van der Waals surface area contributed by atoms with E-state index in [9.17, 15) is 13.5 Å². The molecule has 1 unspecified atom stereocenters. The standard InChI is InChI=1S/C11H19N3O3S/c1-8-11(9(2)13(3)12-8)18(16,17)14-6-4-5-10(15)7-14/h10,15H,4-7H2,1-3H3. The summed E-state index contributed by atoms with van der Waals surface area (Å²) in [4.78, 5) is 0.277.